The highest BCUT2D eigenvalue weighted by molar-refractivity contribution is 5.96. The standard InChI is InChI=1S/C20H24N2O7/c1-25-15-7-5-6-13(8-15)11-29-12-18(23)21-22-20(24)14-9-16(26-2)19(28-4)17(10-14)27-3/h5-10H,11-12H2,1-4H3,(H,21,23)(H,22,24). The Hall–Kier alpha value is -3.46. The van der Waals surface area contributed by atoms with Crippen molar-refractivity contribution in [1.82, 2.24) is 10.9 Å². The molecule has 2 aromatic carbocycles. The van der Waals surface area contributed by atoms with Gasteiger partial charge in [0.2, 0.25) is 5.75 Å². The number of rotatable bonds is 9. The van der Waals surface area contributed by atoms with E-state index in [1.807, 2.05) is 24.3 Å². The van der Waals surface area contributed by atoms with Crippen LogP contribution in [0.3, 0.4) is 0 Å². The van der Waals surface area contributed by atoms with E-state index in [9.17, 15) is 9.59 Å². The quantitative estimate of drug-likeness (QED) is 0.613. The van der Waals surface area contributed by atoms with Gasteiger partial charge >= 0.3 is 0 Å². The summed E-state index contributed by atoms with van der Waals surface area (Å²) >= 11 is 0. The molecule has 0 aliphatic heterocycles. The molecule has 0 bridgehead atoms. The highest BCUT2D eigenvalue weighted by Crippen LogP contribution is 2.38. The van der Waals surface area contributed by atoms with E-state index in [1.54, 1.807) is 7.11 Å². The van der Waals surface area contributed by atoms with E-state index in [0.717, 1.165) is 5.56 Å². The van der Waals surface area contributed by atoms with E-state index in [0.29, 0.717) is 23.0 Å². The zero-order chi connectivity index (χ0) is 21.2. The molecule has 0 aromatic heterocycles. The van der Waals surface area contributed by atoms with Crippen molar-refractivity contribution in [1.29, 1.82) is 0 Å². The van der Waals surface area contributed by atoms with Crippen molar-refractivity contribution in [2.45, 2.75) is 6.61 Å². The average molecular weight is 404 g/mol. The molecule has 2 N–H and O–H groups in total. The summed E-state index contributed by atoms with van der Waals surface area (Å²) in [5.74, 6) is 0.656. The molecule has 0 radical (unpaired) electrons. The minimum atomic E-state index is -0.551. The van der Waals surface area contributed by atoms with Crippen LogP contribution in [0.2, 0.25) is 0 Å². The fourth-order valence-electron chi connectivity index (χ4n) is 2.47. The molecule has 0 unspecified atom stereocenters. The molecule has 2 rings (SSSR count). The van der Waals surface area contributed by atoms with Crippen LogP contribution < -0.4 is 29.8 Å². The van der Waals surface area contributed by atoms with Gasteiger partial charge in [-0.05, 0) is 29.8 Å². The molecule has 0 aliphatic carbocycles. The monoisotopic (exact) mass is 404 g/mol. The Kier molecular flexibility index (Phi) is 8.11. The largest absolute Gasteiger partial charge is 0.497 e. The first-order valence-electron chi connectivity index (χ1n) is 8.62. The molecule has 0 atom stereocenters. The van der Waals surface area contributed by atoms with Gasteiger partial charge in [0.15, 0.2) is 11.5 Å². The fourth-order valence-corrected chi connectivity index (χ4v) is 2.47. The molecule has 2 aromatic rings. The summed E-state index contributed by atoms with van der Waals surface area (Å²) in [5.41, 5.74) is 5.69. The average Bonchev–Trinajstić information content (AvgIpc) is 2.76. The van der Waals surface area contributed by atoms with Crippen LogP contribution in [0.25, 0.3) is 0 Å². The third kappa shape index (κ3) is 6.01. The summed E-state index contributed by atoms with van der Waals surface area (Å²) in [6.45, 7) is -0.00180. The highest BCUT2D eigenvalue weighted by Gasteiger charge is 2.17. The predicted molar refractivity (Wildman–Crippen MR) is 104 cm³/mol. The first-order chi connectivity index (χ1) is 14.0. The number of amides is 2. The Morgan fingerprint density at radius 3 is 2.14 bits per heavy atom. The van der Waals surface area contributed by atoms with Crippen LogP contribution in [0.1, 0.15) is 15.9 Å². The van der Waals surface area contributed by atoms with Gasteiger partial charge in [0.1, 0.15) is 12.4 Å². The Labute approximate surface area is 168 Å². The Bertz CT molecular complexity index is 829. The highest BCUT2D eigenvalue weighted by atomic mass is 16.5. The maximum atomic E-state index is 12.3. The van der Waals surface area contributed by atoms with Gasteiger partial charge in [0, 0.05) is 5.56 Å². The zero-order valence-electron chi connectivity index (χ0n) is 16.7. The van der Waals surface area contributed by atoms with Gasteiger partial charge in [-0.1, -0.05) is 12.1 Å². The van der Waals surface area contributed by atoms with Crippen molar-refractivity contribution in [3.05, 3.63) is 47.5 Å². The second-order valence-electron chi connectivity index (χ2n) is 5.76. The third-order valence-electron chi connectivity index (χ3n) is 3.88. The number of hydrogen-bond acceptors (Lipinski definition) is 7. The molecule has 156 valence electrons. The van der Waals surface area contributed by atoms with Gasteiger partial charge in [-0.25, -0.2) is 0 Å². The van der Waals surface area contributed by atoms with Crippen molar-refractivity contribution in [2.24, 2.45) is 0 Å². The Morgan fingerprint density at radius 2 is 1.55 bits per heavy atom. The van der Waals surface area contributed by atoms with E-state index in [1.165, 1.54) is 33.5 Å². The lowest BCUT2D eigenvalue weighted by Crippen LogP contribution is -2.43. The van der Waals surface area contributed by atoms with Crippen molar-refractivity contribution in [3.63, 3.8) is 0 Å². The second-order valence-corrected chi connectivity index (χ2v) is 5.76. The minimum absolute atomic E-state index is 0.220. The normalized spacial score (nSPS) is 10.1. The molecule has 2 amide bonds. The summed E-state index contributed by atoms with van der Waals surface area (Å²) < 4.78 is 26.1. The number of hydrazine groups is 1. The molecule has 0 saturated carbocycles. The van der Waals surface area contributed by atoms with Gasteiger partial charge < -0.3 is 23.7 Å². The summed E-state index contributed by atoms with van der Waals surface area (Å²) in [4.78, 5) is 24.2. The number of carbonyl (C=O) groups is 2. The van der Waals surface area contributed by atoms with Gasteiger partial charge in [-0.15, -0.1) is 0 Å². The maximum Gasteiger partial charge on any atom is 0.269 e. The molecule has 0 fully saturated rings. The smallest absolute Gasteiger partial charge is 0.269 e. The van der Waals surface area contributed by atoms with Crippen molar-refractivity contribution >= 4 is 11.8 Å². The lowest BCUT2D eigenvalue weighted by molar-refractivity contribution is -0.126. The van der Waals surface area contributed by atoms with E-state index in [2.05, 4.69) is 10.9 Å². The zero-order valence-corrected chi connectivity index (χ0v) is 16.7. The first-order valence-corrected chi connectivity index (χ1v) is 8.62. The van der Waals surface area contributed by atoms with E-state index in [-0.39, 0.29) is 18.8 Å². The van der Waals surface area contributed by atoms with Crippen LogP contribution in [-0.4, -0.2) is 46.9 Å². The maximum absolute atomic E-state index is 12.3. The Morgan fingerprint density at radius 1 is 0.862 bits per heavy atom. The summed E-state index contributed by atoms with van der Waals surface area (Å²) in [7, 11) is 5.93. The molecule has 0 heterocycles. The van der Waals surface area contributed by atoms with Crippen molar-refractivity contribution < 1.29 is 33.3 Å². The Balaban J connectivity index is 1.87. The molecule has 9 heteroatoms. The van der Waals surface area contributed by atoms with Crippen molar-refractivity contribution in [3.8, 4) is 23.0 Å². The van der Waals surface area contributed by atoms with Gasteiger partial charge in [0.25, 0.3) is 11.8 Å². The topological polar surface area (TPSA) is 104 Å². The van der Waals surface area contributed by atoms with Crippen LogP contribution in [0.4, 0.5) is 0 Å². The lowest BCUT2D eigenvalue weighted by atomic mass is 10.1. The summed E-state index contributed by atoms with van der Waals surface area (Å²) in [6, 6.07) is 10.3. The predicted octanol–water partition coefficient (Wildman–Crippen LogP) is 1.70. The number of nitrogens with one attached hydrogen (secondary N) is 2. The molecule has 0 aliphatic rings. The van der Waals surface area contributed by atoms with Crippen LogP contribution in [0.15, 0.2) is 36.4 Å². The van der Waals surface area contributed by atoms with E-state index in [4.69, 9.17) is 23.7 Å². The third-order valence-corrected chi connectivity index (χ3v) is 3.88. The van der Waals surface area contributed by atoms with E-state index < -0.39 is 11.8 Å². The number of carbonyl (C=O) groups excluding carboxylic acids is 2. The van der Waals surface area contributed by atoms with Gasteiger partial charge in [0.05, 0.1) is 35.0 Å². The molecule has 9 nitrogen and oxygen atoms in total. The SMILES string of the molecule is COc1cccc(COCC(=O)NNC(=O)c2cc(OC)c(OC)c(OC)c2)c1. The number of benzene rings is 2. The lowest BCUT2D eigenvalue weighted by Gasteiger charge is -2.14. The fraction of sp³-hybridized carbons (Fsp3) is 0.300. The second kappa shape index (κ2) is 10.8. The van der Waals surface area contributed by atoms with E-state index >= 15 is 0 Å². The number of hydrogen-bond donors (Lipinski definition) is 2. The summed E-state index contributed by atoms with van der Waals surface area (Å²) in [5, 5.41) is 0. The summed E-state index contributed by atoms with van der Waals surface area (Å²) in [6.07, 6.45) is 0. The van der Waals surface area contributed by atoms with Crippen molar-refractivity contribution in [2.75, 3.05) is 35.0 Å². The number of methoxy groups -OCH3 is 4. The minimum Gasteiger partial charge on any atom is -0.497 e. The number of ether oxygens (including phenoxy) is 5. The molecule has 29 heavy (non-hydrogen) atoms. The molecular weight excluding hydrogens is 380 g/mol. The molecule has 0 saturated heterocycles. The van der Waals surface area contributed by atoms with Crippen LogP contribution in [-0.2, 0) is 16.1 Å². The van der Waals surface area contributed by atoms with Crippen LogP contribution in [0.5, 0.6) is 23.0 Å². The molecular formula is C20H24N2O7. The first kappa shape index (κ1) is 21.8. The van der Waals surface area contributed by atoms with Gasteiger partial charge in [-0.3, -0.25) is 20.4 Å². The van der Waals surface area contributed by atoms with Gasteiger partial charge in [-0.2, -0.15) is 0 Å². The van der Waals surface area contributed by atoms with Crippen LogP contribution >= 0.6 is 0 Å². The molecule has 0 spiro atoms. The van der Waals surface area contributed by atoms with Crippen LogP contribution in [0, 0.1) is 0 Å².